The SMILES string of the molecule is CC1(C)c2ccccc2-c2ccc(N(c3ccc(-c4ccc([Si](C)(C)C)cc4)cc3)c3ccc4c(c3)C3(CC=CC=CC4)c4ccccc4-c4ccccc43)cc21. The van der Waals surface area contributed by atoms with Crippen molar-refractivity contribution in [3.63, 3.8) is 0 Å². The summed E-state index contributed by atoms with van der Waals surface area (Å²) in [6, 6.07) is 60.1. The highest BCUT2D eigenvalue weighted by Gasteiger charge is 2.45. The fourth-order valence-electron chi connectivity index (χ4n) is 10.1. The Morgan fingerprint density at radius 2 is 0.947 bits per heavy atom. The predicted octanol–water partition coefficient (Wildman–Crippen LogP) is 14.0. The van der Waals surface area contributed by atoms with Crippen LogP contribution in [-0.2, 0) is 17.3 Å². The molecule has 0 heterocycles. The first-order chi connectivity index (χ1) is 27.6. The Kier molecular flexibility index (Phi) is 8.29. The third-order valence-corrected chi connectivity index (χ3v) is 15.1. The molecule has 0 unspecified atom stereocenters. The van der Waals surface area contributed by atoms with Crippen LogP contribution in [0.3, 0.4) is 0 Å². The molecule has 0 atom stereocenters. The summed E-state index contributed by atoms with van der Waals surface area (Å²) in [5, 5.41) is 1.49. The van der Waals surface area contributed by atoms with Gasteiger partial charge in [-0.2, -0.15) is 0 Å². The van der Waals surface area contributed by atoms with Gasteiger partial charge in [0.1, 0.15) is 0 Å². The van der Waals surface area contributed by atoms with E-state index in [4.69, 9.17) is 0 Å². The van der Waals surface area contributed by atoms with E-state index in [1.54, 1.807) is 0 Å². The Morgan fingerprint density at radius 3 is 1.58 bits per heavy atom. The van der Waals surface area contributed by atoms with Gasteiger partial charge in [0.15, 0.2) is 0 Å². The van der Waals surface area contributed by atoms with Crippen LogP contribution in [0.15, 0.2) is 182 Å². The minimum Gasteiger partial charge on any atom is -0.310 e. The lowest BCUT2D eigenvalue weighted by Gasteiger charge is -2.35. The number of hydrogen-bond acceptors (Lipinski definition) is 1. The second-order valence-electron chi connectivity index (χ2n) is 17.7. The second-order valence-corrected chi connectivity index (χ2v) is 22.8. The van der Waals surface area contributed by atoms with Crippen molar-refractivity contribution in [3.8, 4) is 33.4 Å². The Hall–Kier alpha value is -5.96. The third-order valence-electron chi connectivity index (χ3n) is 13.1. The maximum Gasteiger partial charge on any atom is 0.0775 e. The van der Waals surface area contributed by atoms with Gasteiger partial charge in [0.2, 0.25) is 0 Å². The molecule has 0 saturated carbocycles. The number of benzene rings is 7. The van der Waals surface area contributed by atoms with Crippen molar-refractivity contribution in [1.29, 1.82) is 0 Å². The molecule has 0 saturated heterocycles. The quantitative estimate of drug-likeness (QED) is 0.158. The maximum absolute atomic E-state index is 2.53. The first-order valence-corrected chi connectivity index (χ1v) is 24.0. The molecule has 0 radical (unpaired) electrons. The predicted molar refractivity (Wildman–Crippen MR) is 245 cm³/mol. The summed E-state index contributed by atoms with van der Waals surface area (Å²) in [7, 11) is -1.38. The van der Waals surface area contributed by atoms with E-state index in [9.17, 15) is 0 Å². The van der Waals surface area contributed by atoms with E-state index in [0.29, 0.717) is 0 Å². The number of rotatable bonds is 5. The summed E-state index contributed by atoms with van der Waals surface area (Å²) in [5.74, 6) is 0. The van der Waals surface area contributed by atoms with Gasteiger partial charge in [0.25, 0.3) is 0 Å². The van der Waals surface area contributed by atoms with Gasteiger partial charge < -0.3 is 4.90 Å². The minimum atomic E-state index is -1.38. The fraction of sp³-hybridized carbons (Fsp3) is 0.164. The van der Waals surface area contributed by atoms with Gasteiger partial charge in [0, 0.05) is 22.5 Å². The number of allylic oxidation sites excluding steroid dienone is 4. The van der Waals surface area contributed by atoms with Crippen molar-refractivity contribution < 1.29 is 0 Å². The van der Waals surface area contributed by atoms with E-state index in [0.717, 1.165) is 18.5 Å². The molecule has 0 bridgehead atoms. The van der Waals surface area contributed by atoms with Crippen molar-refractivity contribution in [2.45, 2.75) is 57.2 Å². The van der Waals surface area contributed by atoms with Crippen LogP contribution in [0.25, 0.3) is 33.4 Å². The van der Waals surface area contributed by atoms with Gasteiger partial charge in [-0.05, 0) is 116 Å². The van der Waals surface area contributed by atoms with Crippen LogP contribution in [0.4, 0.5) is 17.1 Å². The lowest BCUT2D eigenvalue weighted by molar-refractivity contribution is 0.639. The molecule has 1 spiro atoms. The van der Waals surface area contributed by atoms with E-state index < -0.39 is 8.07 Å². The molecule has 0 amide bonds. The smallest absolute Gasteiger partial charge is 0.0775 e. The normalized spacial score (nSPS) is 15.5. The monoisotopic (exact) mass is 751 g/mol. The average Bonchev–Trinajstić information content (AvgIpc) is 3.68. The first kappa shape index (κ1) is 35.5. The lowest BCUT2D eigenvalue weighted by Crippen LogP contribution is -2.37. The van der Waals surface area contributed by atoms with Gasteiger partial charge in [-0.25, -0.2) is 0 Å². The minimum absolute atomic E-state index is 0.107. The molecule has 278 valence electrons. The van der Waals surface area contributed by atoms with Crippen LogP contribution in [-0.4, -0.2) is 8.07 Å². The van der Waals surface area contributed by atoms with E-state index in [2.05, 4.69) is 220 Å². The van der Waals surface area contributed by atoms with E-state index in [1.807, 2.05) is 0 Å². The first-order valence-electron chi connectivity index (χ1n) is 20.5. The summed E-state index contributed by atoms with van der Waals surface area (Å²) < 4.78 is 0. The lowest BCUT2D eigenvalue weighted by atomic mass is 9.68. The van der Waals surface area contributed by atoms with Crippen LogP contribution in [0, 0.1) is 0 Å². The van der Waals surface area contributed by atoms with Crippen molar-refractivity contribution in [3.05, 3.63) is 215 Å². The van der Waals surface area contributed by atoms with Crippen LogP contribution >= 0.6 is 0 Å². The zero-order valence-corrected chi connectivity index (χ0v) is 34.7. The summed E-state index contributed by atoms with van der Waals surface area (Å²) in [6.07, 6.45) is 10.9. The Morgan fingerprint density at radius 1 is 0.456 bits per heavy atom. The summed E-state index contributed by atoms with van der Waals surface area (Å²) in [5.41, 5.74) is 19.2. The van der Waals surface area contributed by atoms with Gasteiger partial charge in [-0.3, -0.25) is 0 Å². The van der Waals surface area contributed by atoms with E-state index in [1.165, 1.54) is 83.3 Å². The highest BCUT2D eigenvalue weighted by molar-refractivity contribution is 6.88. The number of fused-ring (bicyclic) bond motifs is 10. The summed E-state index contributed by atoms with van der Waals surface area (Å²) in [4.78, 5) is 2.50. The summed E-state index contributed by atoms with van der Waals surface area (Å²) >= 11 is 0. The van der Waals surface area contributed by atoms with Crippen LogP contribution in [0.2, 0.25) is 19.6 Å². The molecule has 57 heavy (non-hydrogen) atoms. The van der Waals surface area contributed by atoms with Crippen LogP contribution in [0.5, 0.6) is 0 Å². The maximum atomic E-state index is 2.53. The van der Waals surface area contributed by atoms with Crippen LogP contribution in [0.1, 0.15) is 53.6 Å². The molecule has 0 N–H and O–H groups in total. The topological polar surface area (TPSA) is 3.24 Å². The van der Waals surface area contributed by atoms with Crippen molar-refractivity contribution in [1.82, 2.24) is 0 Å². The Labute approximate surface area is 339 Å². The number of anilines is 3. The second kappa shape index (κ2) is 13.3. The number of nitrogens with zero attached hydrogens (tertiary/aromatic N) is 1. The molecular formula is C55H49NSi. The molecule has 0 aliphatic heterocycles. The molecule has 7 aromatic rings. The van der Waals surface area contributed by atoms with E-state index >= 15 is 0 Å². The van der Waals surface area contributed by atoms with E-state index in [-0.39, 0.29) is 10.8 Å². The molecule has 0 aromatic heterocycles. The van der Waals surface area contributed by atoms with Crippen molar-refractivity contribution >= 4 is 30.3 Å². The molecular weight excluding hydrogens is 703 g/mol. The van der Waals surface area contributed by atoms with Crippen molar-refractivity contribution in [2.75, 3.05) is 4.90 Å². The molecule has 3 aliphatic rings. The molecule has 1 nitrogen and oxygen atoms in total. The zero-order chi connectivity index (χ0) is 38.9. The van der Waals surface area contributed by atoms with Gasteiger partial charge >= 0.3 is 0 Å². The highest BCUT2D eigenvalue weighted by Crippen LogP contribution is 2.57. The zero-order valence-electron chi connectivity index (χ0n) is 33.7. The van der Waals surface area contributed by atoms with Gasteiger partial charge in [0.05, 0.1) is 13.5 Å². The van der Waals surface area contributed by atoms with Gasteiger partial charge in [-0.1, -0.05) is 184 Å². The molecule has 0 fully saturated rings. The molecule has 2 heteroatoms. The van der Waals surface area contributed by atoms with Crippen LogP contribution < -0.4 is 10.1 Å². The standard InChI is InChI=1S/C55H49NSi/c1-54(2)49-20-12-9-17-45(49)48-34-31-43(37-53(48)54)56(41-28-23-38(24-29-41)39-26-32-44(33-27-39)57(3,4)5)42-30-25-40-16-8-6-7-15-35-55(52(40)36-42)50-21-13-10-18-46(50)47-19-11-14-22-51(47)55/h6-15,17-34,36-37H,16,35H2,1-5H3. The summed E-state index contributed by atoms with van der Waals surface area (Å²) in [6.45, 7) is 12.0. The highest BCUT2D eigenvalue weighted by atomic mass is 28.3. The van der Waals surface area contributed by atoms with Gasteiger partial charge in [-0.15, -0.1) is 0 Å². The van der Waals surface area contributed by atoms with Crippen molar-refractivity contribution in [2.24, 2.45) is 0 Å². The number of hydrogen-bond donors (Lipinski definition) is 0. The largest absolute Gasteiger partial charge is 0.310 e. The Balaban J connectivity index is 1.17. The molecule has 3 aliphatic carbocycles. The fourth-order valence-corrected chi connectivity index (χ4v) is 11.2. The third kappa shape index (κ3) is 5.64. The Bertz CT molecular complexity index is 2690. The molecule has 7 aromatic carbocycles. The average molecular weight is 752 g/mol. The molecule has 10 rings (SSSR count).